The summed E-state index contributed by atoms with van der Waals surface area (Å²) in [5.41, 5.74) is 0.524. The molecular formula is C23H25FN2O5S. The van der Waals surface area contributed by atoms with Crippen molar-refractivity contribution in [2.75, 3.05) is 11.9 Å². The van der Waals surface area contributed by atoms with E-state index in [-0.39, 0.29) is 11.4 Å². The van der Waals surface area contributed by atoms with Gasteiger partial charge in [0.25, 0.3) is 5.79 Å². The molecule has 0 radical (unpaired) electrons. The standard InChI is InChI=1S/C23H25FN2O5S/c24-16-6-9-18(10-7-16)32(28,29)26-14-4-5-19(26)22(27)25-17-8-11-20-21(15-17)31-23(30-20)12-2-1-3-13-23/h6-11,15,19H,1-5,12-14H2,(H,25,27)/t19-/m1/s1. The summed E-state index contributed by atoms with van der Waals surface area (Å²) >= 11 is 0. The number of amides is 1. The fourth-order valence-corrected chi connectivity index (χ4v) is 6.38. The van der Waals surface area contributed by atoms with E-state index >= 15 is 0 Å². The second-order valence-electron chi connectivity index (χ2n) is 8.55. The third-order valence-electron chi connectivity index (χ3n) is 6.35. The molecule has 1 atom stereocenters. The quantitative estimate of drug-likeness (QED) is 0.744. The smallest absolute Gasteiger partial charge is 0.251 e. The van der Waals surface area contributed by atoms with Gasteiger partial charge in [0.05, 0.1) is 4.90 Å². The molecule has 2 aromatic rings. The Labute approximate surface area is 186 Å². The first kappa shape index (κ1) is 21.2. The number of carbonyl (C=O) groups excluding carboxylic acids is 1. The number of nitrogens with one attached hydrogen (secondary N) is 1. The van der Waals surface area contributed by atoms with Crippen molar-refractivity contribution in [1.29, 1.82) is 0 Å². The largest absolute Gasteiger partial charge is 0.448 e. The minimum absolute atomic E-state index is 0.0283. The summed E-state index contributed by atoms with van der Waals surface area (Å²) < 4.78 is 52.6. The lowest BCUT2D eigenvalue weighted by atomic mass is 9.94. The number of carbonyl (C=O) groups is 1. The molecular weight excluding hydrogens is 435 g/mol. The summed E-state index contributed by atoms with van der Waals surface area (Å²) in [5, 5.41) is 2.83. The summed E-state index contributed by atoms with van der Waals surface area (Å²) in [5.74, 6) is -0.274. The van der Waals surface area contributed by atoms with Gasteiger partial charge in [-0.15, -0.1) is 0 Å². The number of nitrogens with zero attached hydrogens (tertiary/aromatic N) is 1. The Kier molecular flexibility index (Phi) is 5.33. The maximum atomic E-state index is 13.2. The van der Waals surface area contributed by atoms with Gasteiger partial charge in [-0.25, -0.2) is 12.8 Å². The highest BCUT2D eigenvalue weighted by atomic mass is 32.2. The van der Waals surface area contributed by atoms with E-state index in [0.717, 1.165) is 37.8 Å². The normalized spacial score (nSPS) is 22.2. The number of hydrogen-bond acceptors (Lipinski definition) is 5. The van der Waals surface area contributed by atoms with Crippen LogP contribution in [-0.2, 0) is 14.8 Å². The summed E-state index contributed by atoms with van der Waals surface area (Å²) in [6.45, 7) is 0.238. The van der Waals surface area contributed by atoms with Crippen LogP contribution in [0.4, 0.5) is 10.1 Å². The van der Waals surface area contributed by atoms with Gasteiger partial charge in [-0.05, 0) is 62.1 Å². The predicted molar refractivity (Wildman–Crippen MR) is 115 cm³/mol. The van der Waals surface area contributed by atoms with Crippen molar-refractivity contribution < 1.29 is 27.1 Å². The zero-order valence-electron chi connectivity index (χ0n) is 17.6. The zero-order valence-corrected chi connectivity index (χ0v) is 18.4. The third-order valence-corrected chi connectivity index (χ3v) is 8.27. The van der Waals surface area contributed by atoms with E-state index in [0.29, 0.717) is 30.0 Å². The highest BCUT2D eigenvalue weighted by Gasteiger charge is 2.43. The second-order valence-corrected chi connectivity index (χ2v) is 10.4. The highest BCUT2D eigenvalue weighted by Crippen LogP contribution is 2.46. The van der Waals surface area contributed by atoms with E-state index in [1.807, 2.05) is 0 Å². The average Bonchev–Trinajstić information content (AvgIpc) is 3.40. The Morgan fingerprint density at radius 3 is 2.47 bits per heavy atom. The number of benzene rings is 2. The van der Waals surface area contributed by atoms with Gasteiger partial charge in [0.15, 0.2) is 11.5 Å². The van der Waals surface area contributed by atoms with Crippen molar-refractivity contribution in [3.63, 3.8) is 0 Å². The molecule has 1 amide bonds. The van der Waals surface area contributed by atoms with Crippen LogP contribution in [0.2, 0.25) is 0 Å². The summed E-state index contributed by atoms with van der Waals surface area (Å²) in [6, 6.07) is 9.04. The van der Waals surface area contributed by atoms with Gasteiger partial charge in [0, 0.05) is 31.1 Å². The highest BCUT2D eigenvalue weighted by molar-refractivity contribution is 7.89. The number of fused-ring (bicyclic) bond motifs is 1. The summed E-state index contributed by atoms with van der Waals surface area (Å²) in [4.78, 5) is 13.0. The number of anilines is 1. The number of sulfonamides is 1. The third kappa shape index (κ3) is 3.84. The maximum absolute atomic E-state index is 13.2. The lowest BCUT2D eigenvalue weighted by molar-refractivity contribution is -0.119. The molecule has 1 N–H and O–H groups in total. The van der Waals surface area contributed by atoms with Crippen molar-refractivity contribution in [2.45, 2.75) is 61.7 Å². The fourth-order valence-electron chi connectivity index (χ4n) is 4.72. The molecule has 2 aromatic carbocycles. The van der Waals surface area contributed by atoms with Gasteiger partial charge < -0.3 is 14.8 Å². The molecule has 1 saturated carbocycles. The van der Waals surface area contributed by atoms with E-state index in [4.69, 9.17) is 9.47 Å². The second kappa shape index (κ2) is 8.04. The molecule has 1 aliphatic carbocycles. The van der Waals surface area contributed by atoms with Gasteiger partial charge in [0.1, 0.15) is 11.9 Å². The number of hydrogen-bond donors (Lipinski definition) is 1. The van der Waals surface area contributed by atoms with Crippen LogP contribution in [0.15, 0.2) is 47.4 Å². The van der Waals surface area contributed by atoms with Crippen LogP contribution >= 0.6 is 0 Å². The lowest BCUT2D eigenvalue weighted by Gasteiger charge is -2.31. The number of ether oxygens (including phenoxy) is 2. The molecule has 2 heterocycles. The van der Waals surface area contributed by atoms with Gasteiger partial charge in [-0.2, -0.15) is 4.31 Å². The number of halogens is 1. The molecule has 1 spiro atoms. The Bertz CT molecular complexity index is 1130. The molecule has 170 valence electrons. The van der Waals surface area contributed by atoms with Crippen LogP contribution in [0.5, 0.6) is 11.5 Å². The minimum Gasteiger partial charge on any atom is -0.448 e. The molecule has 1 saturated heterocycles. The topological polar surface area (TPSA) is 84.9 Å². The Morgan fingerprint density at radius 1 is 1.00 bits per heavy atom. The van der Waals surface area contributed by atoms with E-state index in [9.17, 15) is 17.6 Å². The van der Waals surface area contributed by atoms with Crippen LogP contribution < -0.4 is 14.8 Å². The molecule has 3 aliphatic rings. The van der Waals surface area contributed by atoms with Crippen molar-refractivity contribution >= 4 is 21.6 Å². The molecule has 32 heavy (non-hydrogen) atoms. The SMILES string of the molecule is O=C(Nc1ccc2c(c1)OC1(CCCCC1)O2)[C@H]1CCCN1S(=O)(=O)c1ccc(F)cc1. The van der Waals surface area contributed by atoms with Crippen LogP contribution in [0.1, 0.15) is 44.9 Å². The van der Waals surface area contributed by atoms with Gasteiger partial charge >= 0.3 is 0 Å². The first-order valence-corrected chi connectivity index (χ1v) is 12.4. The minimum atomic E-state index is -3.91. The first-order valence-electron chi connectivity index (χ1n) is 11.0. The van der Waals surface area contributed by atoms with E-state index < -0.39 is 33.6 Å². The zero-order chi connectivity index (χ0) is 22.3. The number of rotatable bonds is 4. The summed E-state index contributed by atoms with van der Waals surface area (Å²) in [6.07, 6.45) is 5.94. The monoisotopic (exact) mass is 460 g/mol. The molecule has 0 aromatic heterocycles. The van der Waals surface area contributed by atoms with E-state index in [1.54, 1.807) is 18.2 Å². The van der Waals surface area contributed by atoms with Gasteiger partial charge in [-0.3, -0.25) is 4.79 Å². The Morgan fingerprint density at radius 2 is 1.72 bits per heavy atom. The van der Waals surface area contributed by atoms with E-state index in [2.05, 4.69) is 5.32 Å². The summed E-state index contributed by atoms with van der Waals surface area (Å²) in [7, 11) is -3.91. The molecule has 0 unspecified atom stereocenters. The fraction of sp³-hybridized carbons (Fsp3) is 0.435. The predicted octanol–water partition coefficient (Wildman–Crippen LogP) is 4.05. The van der Waals surface area contributed by atoms with Crippen molar-refractivity contribution in [2.24, 2.45) is 0 Å². The van der Waals surface area contributed by atoms with Gasteiger partial charge in [0.2, 0.25) is 15.9 Å². The molecule has 2 aliphatic heterocycles. The van der Waals surface area contributed by atoms with Crippen LogP contribution in [-0.4, -0.2) is 37.0 Å². The van der Waals surface area contributed by atoms with Gasteiger partial charge in [-0.1, -0.05) is 6.42 Å². The van der Waals surface area contributed by atoms with Crippen LogP contribution in [0.25, 0.3) is 0 Å². The van der Waals surface area contributed by atoms with E-state index in [1.165, 1.54) is 22.9 Å². The average molecular weight is 461 g/mol. The molecule has 2 fully saturated rings. The Balaban J connectivity index is 1.31. The lowest BCUT2D eigenvalue weighted by Crippen LogP contribution is -2.43. The molecule has 7 nitrogen and oxygen atoms in total. The Hall–Kier alpha value is -2.65. The maximum Gasteiger partial charge on any atom is 0.251 e. The molecule has 0 bridgehead atoms. The van der Waals surface area contributed by atoms with Crippen LogP contribution in [0, 0.1) is 5.82 Å². The van der Waals surface area contributed by atoms with Crippen LogP contribution in [0.3, 0.4) is 0 Å². The molecule has 5 rings (SSSR count). The van der Waals surface area contributed by atoms with Crippen molar-refractivity contribution in [3.05, 3.63) is 48.3 Å². The molecule has 9 heteroatoms. The first-order chi connectivity index (χ1) is 15.4. The van der Waals surface area contributed by atoms with Crippen molar-refractivity contribution in [1.82, 2.24) is 4.31 Å². The van der Waals surface area contributed by atoms with Crippen molar-refractivity contribution in [3.8, 4) is 11.5 Å².